The lowest BCUT2D eigenvalue weighted by atomic mass is 9.77. The van der Waals surface area contributed by atoms with Gasteiger partial charge in [-0.25, -0.2) is 0 Å². The number of rotatable bonds is 4. The largest absolute Gasteiger partial charge is 0.496 e. The monoisotopic (exact) mass is 346 g/mol. The van der Waals surface area contributed by atoms with Crippen LogP contribution >= 0.6 is 0 Å². The van der Waals surface area contributed by atoms with E-state index in [1.807, 2.05) is 29.2 Å². The van der Waals surface area contributed by atoms with Gasteiger partial charge in [-0.1, -0.05) is 18.2 Å². The van der Waals surface area contributed by atoms with E-state index in [1.165, 1.54) is 6.92 Å². The summed E-state index contributed by atoms with van der Waals surface area (Å²) < 4.78 is 5.32. The van der Waals surface area contributed by atoms with Gasteiger partial charge < -0.3 is 20.1 Å². The molecule has 0 radical (unpaired) electrons. The molecule has 1 saturated carbocycles. The predicted octanol–water partition coefficient (Wildman–Crippen LogP) is 0.972. The Morgan fingerprint density at radius 2 is 1.92 bits per heavy atom. The van der Waals surface area contributed by atoms with E-state index >= 15 is 0 Å². The number of likely N-dealkylation sites (tertiary alicyclic amines) is 1. The van der Waals surface area contributed by atoms with E-state index in [0.717, 1.165) is 17.7 Å². The molecule has 0 aromatic heterocycles. The van der Waals surface area contributed by atoms with E-state index in [0.29, 0.717) is 37.8 Å². The van der Waals surface area contributed by atoms with Crippen LogP contribution < -0.4 is 10.1 Å². The molecule has 0 spiro atoms. The fraction of sp³-hybridized carbons (Fsp3) is 0.579. The molecule has 1 aliphatic carbocycles. The number of nitrogens with zero attached hydrogens (tertiary/aromatic N) is 1. The number of para-hydroxylation sites is 1. The molecule has 6 heteroatoms. The molecule has 4 atom stereocenters. The third-order valence-electron chi connectivity index (χ3n) is 5.42. The van der Waals surface area contributed by atoms with Crippen LogP contribution in [-0.2, 0) is 16.0 Å². The van der Waals surface area contributed by atoms with Gasteiger partial charge in [0.2, 0.25) is 11.8 Å². The molecule has 3 rings (SSSR count). The van der Waals surface area contributed by atoms with Crippen molar-refractivity contribution < 1.29 is 19.4 Å². The number of hydrogen-bond acceptors (Lipinski definition) is 4. The van der Waals surface area contributed by atoms with Crippen LogP contribution in [0.3, 0.4) is 0 Å². The van der Waals surface area contributed by atoms with Gasteiger partial charge in [-0.3, -0.25) is 9.59 Å². The Balaban J connectivity index is 1.62. The van der Waals surface area contributed by atoms with Crippen molar-refractivity contribution in [1.29, 1.82) is 0 Å². The van der Waals surface area contributed by atoms with Crippen LogP contribution in [0.5, 0.6) is 5.75 Å². The Kier molecular flexibility index (Phi) is 5.27. The van der Waals surface area contributed by atoms with Crippen molar-refractivity contribution in [3.8, 4) is 5.75 Å². The minimum absolute atomic E-state index is 0.0875. The molecule has 6 nitrogen and oxygen atoms in total. The zero-order valence-corrected chi connectivity index (χ0v) is 14.8. The minimum atomic E-state index is -0.533. The van der Waals surface area contributed by atoms with E-state index in [2.05, 4.69) is 5.32 Å². The quantitative estimate of drug-likeness (QED) is 0.852. The maximum atomic E-state index is 12.7. The molecule has 1 aromatic rings. The van der Waals surface area contributed by atoms with E-state index in [-0.39, 0.29) is 17.9 Å². The number of benzene rings is 1. The number of amides is 2. The van der Waals surface area contributed by atoms with Gasteiger partial charge in [0.05, 0.1) is 25.7 Å². The standard InChI is InChI=1S/C19H26N2O4/c1-12(22)20-16-7-14-10-21(11-15(14)8-17(16)23)19(24)9-13-5-3-4-6-18(13)25-2/h3-6,14-17,23H,7-11H2,1-2H3,(H,20,22)/t14-,15+,16-,17-/m1/s1. The van der Waals surface area contributed by atoms with Crippen LogP contribution in [-0.4, -0.2) is 54.2 Å². The zero-order valence-electron chi connectivity index (χ0n) is 14.8. The fourth-order valence-corrected chi connectivity index (χ4v) is 4.17. The third-order valence-corrected chi connectivity index (χ3v) is 5.42. The molecule has 1 aromatic carbocycles. The van der Waals surface area contributed by atoms with Crippen LogP contribution in [0.4, 0.5) is 0 Å². The minimum Gasteiger partial charge on any atom is -0.496 e. The summed E-state index contributed by atoms with van der Waals surface area (Å²) in [6.07, 6.45) is 1.15. The summed E-state index contributed by atoms with van der Waals surface area (Å²) in [5, 5.41) is 13.1. The number of nitrogens with one attached hydrogen (secondary N) is 1. The predicted molar refractivity (Wildman–Crippen MR) is 93.1 cm³/mol. The second-order valence-electron chi connectivity index (χ2n) is 7.15. The lowest BCUT2D eigenvalue weighted by molar-refractivity contribution is -0.129. The van der Waals surface area contributed by atoms with Crippen LogP contribution in [0, 0.1) is 11.8 Å². The Hall–Kier alpha value is -2.08. The van der Waals surface area contributed by atoms with Gasteiger partial charge in [-0.05, 0) is 30.7 Å². The SMILES string of the molecule is COc1ccccc1CC(=O)N1C[C@H]2C[C@@H](NC(C)=O)[C@H](O)C[C@H]2C1. The first-order chi connectivity index (χ1) is 12.0. The Labute approximate surface area is 148 Å². The molecular weight excluding hydrogens is 320 g/mol. The van der Waals surface area contributed by atoms with Gasteiger partial charge in [-0.2, -0.15) is 0 Å². The van der Waals surface area contributed by atoms with Crippen LogP contribution in [0.15, 0.2) is 24.3 Å². The lowest BCUT2D eigenvalue weighted by Crippen LogP contribution is -2.48. The number of hydrogen-bond donors (Lipinski definition) is 2. The van der Waals surface area contributed by atoms with Gasteiger partial charge in [0, 0.05) is 25.6 Å². The van der Waals surface area contributed by atoms with Crippen molar-refractivity contribution in [2.24, 2.45) is 11.8 Å². The highest BCUT2D eigenvalue weighted by molar-refractivity contribution is 5.80. The van der Waals surface area contributed by atoms with Gasteiger partial charge in [-0.15, -0.1) is 0 Å². The maximum absolute atomic E-state index is 12.7. The number of ether oxygens (including phenoxy) is 1. The first kappa shape index (κ1) is 17.7. The maximum Gasteiger partial charge on any atom is 0.227 e. The normalized spacial score (nSPS) is 28.4. The summed E-state index contributed by atoms with van der Waals surface area (Å²) in [6, 6.07) is 7.37. The molecule has 1 aliphatic heterocycles. The summed E-state index contributed by atoms with van der Waals surface area (Å²) in [4.78, 5) is 25.9. The summed E-state index contributed by atoms with van der Waals surface area (Å²) in [5.41, 5.74) is 0.890. The van der Waals surface area contributed by atoms with Crippen molar-refractivity contribution >= 4 is 11.8 Å². The Morgan fingerprint density at radius 3 is 2.60 bits per heavy atom. The van der Waals surface area contributed by atoms with E-state index in [4.69, 9.17) is 4.74 Å². The molecule has 25 heavy (non-hydrogen) atoms. The average Bonchev–Trinajstić information content (AvgIpc) is 2.98. The first-order valence-corrected chi connectivity index (χ1v) is 8.82. The van der Waals surface area contributed by atoms with Gasteiger partial charge >= 0.3 is 0 Å². The van der Waals surface area contributed by atoms with Crippen molar-refractivity contribution in [1.82, 2.24) is 10.2 Å². The Bertz CT molecular complexity index is 648. The van der Waals surface area contributed by atoms with E-state index in [1.54, 1.807) is 7.11 Å². The molecule has 1 heterocycles. The molecule has 2 fully saturated rings. The van der Waals surface area contributed by atoms with Crippen LogP contribution in [0.2, 0.25) is 0 Å². The molecule has 0 unspecified atom stereocenters. The molecule has 2 amide bonds. The number of carbonyl (C=O) groups excluding carboxylic acids is 2. The number of aliphatic hydroxyl groups excluding tert-OH is 1. The molecular formula is C19H26N2O4. The Morgan fingerprint density at radius 1 is 1.24 bits per heavy atom. The van der Waals surface area contributed by atoms with Crippen LogP contribution in [0.25, 0.3) is 0 Å². The van der Waals surface area contributed by atoms with Gasteiger partial charge in [0.1, 0.15) is 5.75 Å². The molecule has 2 N–H and O–H groups in total. The highest BCUT2D eigenvalue weighted by Crippen LogP contribution is 2.37. The molecule has 0 bridgehead atoms. The highest BCUT2D eigenvalue weighted by Gasteiger charge is 2.43. The summed E-state index contributed by atoms with van der Waals surface area (Å²) in [5.74, 6) is 1.34. The van der Waals surface area contributed by atoms with Gasteiger partial charge in [0.25, 0.3) is 0 Å². The number of fused-ring (bicyclic) bond motifs is 1. The number of carbonyl (C=O) groups is 2. The highest BCUT2D eigenvalue weighted by atomic mass is 16.5. The van der Waals surface area contributed by atoms with Crippen LogP contribution in [0.1, 0.15) is 25.3 Å². The van der Waals surface area contributed by atoms with Crippen molar-refractivity contribution in [3.05, 3.63) is 29.8 Å². The number of methoxy groups -OCH3 is 1. The molecule has 136 valence electrons. The number of aliphatic hydroxyl groups is 1. The third kappa shape index (κ3) is 3.95. The van der Waals surface area contributed by atoms with E-state index < -0.39 is 6.10 Å². The summed E-state index contributed by atoms with van der Waals surface area (Å²) in [7, 11) is 1.61. The average molecular weight is 346 g/mol. The second kappa shape index (κ2) is 7.44. The summed E-state index contributed by atoms with van der Waals surface area (Å²) in [6.45, 7) is 2.85. The zero-order chi connectivity index (χ0) is 18.0. The topological polar surface area (TPSA) is 78.9 Å². The second-order valence-corrected chi connectivity index (χ2v) is 7.15. The first-order valence-electron chi connectivity index (χ1n) is 8.82. The van der Waals surface area contributed by atoms with E-state index in [9.17, 15) is 14.7 Å². The van der Waals surface area contributed by atoms with Crippen molar-refractivity contribution in [2.75, 3.05) is 20.2 Å². The van der Waals surface area contributed by atoms with Gasteiger partial charge in [0.15, 0.2) is 0 Å². The summed E-state index contributed by atoms with van der Waals surface area (Å²) >= 11 is 0. The molecule has 1 saturated heterocycles. The fourth-order valence-electron chi connectivity index (χ4n) is 4.17. The van der Waals surface area contributed by atoms with Crippen molar-refractivity contribution in [3.63, 3.8) is 0 Å². The van der Waals surface area contributed by atoms with Crippen molar-refractivity contribution in [2.45, 2.75) is 38.3 Å². The lowest BCUT2D eigenvalue weighted by Gasteiger charge is -2.35. The molecule has 2 aliphatic rings. The smallest absolute Gasteiger partial charge is 0.227 e.